The number of nitrogens with zero attached hydrogens (tertiary/aromatic N) is 1. The quantitative estimate of drug-likeness (QED) is 0.671. The van der Waals surface area contributed by atoms with E-state index < -0.39 is 0 Å². The third kappa shape index (κ3) is 4.61. The van der Waals surface area contributed by atoms with Crippen molar-refractivity contribution in [3.63, 3.8) is 0 Å². The van der Waals surface area contributed by atoms with Gasteiger partial charge in [-0.25, -0.2) is 0 Å². The Morgan fingerprint density at radius 2 is 1.88 bits per heavy atom. The monoisotopic (exact) mass is 229 g/mol. The zero-order valence-electron chi connectivity index (χ0n) is 10.6. The summed E-state index contributed by atoms with van der Waals surface area (Å²) in [5.74, 6) is -0.451. The molecular formula is C11H23N3O2. The number of carbonyl (C=O) groups is 2. The number of rotatable bonds is 6. The molecule has 0 aromatic rings. The lowest BCUT2D eigenvalue weighted by atomic mass is 10.0. The first-order chi connectivity index (χ1) is 7.43. The summed E-state index contributed by atoms with van der Waals surface area (Å²) in [6.07, 6.45) is 0. The molecule has 0 spiro atoms. The van der Waals surface area contributed by atoms with Gasteiger partial charge in [0.1, 0.15) is 0 Å². The van der Waals surface area contributed by atoms with Crippen LogP contribution in [-0.2, 0) is 9.59 Å². The molecule has 0 heterocycles. The highest BCUT2D eigenvalue weighted by Gasteiger charge is 2.23. The summed E-state index contributed by atoms with van der Waals surface area (Å²) in [5.41, 5.74) is 5.67. The number of hydrogen-bond acceptors (Lipinski definition) is 3. The maximum Gasteiger partial charge on any atom is 0.239 e. The van der Waals surface area contributed by atoms with Gasteiger partial charge in [0.2, 0.25) is 11.8 Å². The van der Waals surface area contributed by atoms with Crippen molar-refractivity contribution in [3.8, 4) is 0 Å². The Kier molecular flexibility index (Phi) is 6.72. The molecule has 0 saturated carbocycles. The molecule has 2 unspecified atom stereocenters. The molecule has 0 fully saturated rings. The van der Waals surface area contributed by atoms with E-state index in [4.69, 9.17) is 5.73 Å². The van der Waals surface area contributed by atoms with Crippen molar-refractivity contribution < 1.29 is 9.59 Å². The van der Waals surface area contributed by atoms with E-state index in [0.717, 1.165) is 0 Å². The summed E-state index contributed by atoms with van der Waals surface area (Å²) in [6.45, 7) is 8.49. The van der Waals surface area contributed by atoms with Crippen molar-refractivity contribution in [1.29, 1.82) is 0 Å². The number of likely N-dealkylation sites (N-methyl/N-ethyl adjacent to an activating group) is 2. The zero-order chi connectivity index (χ0) is 12.7. The molecule has 94 valence electrons. The highest BCUT2D eigenvalue weighted by molar-refractivity contribution is 5.86. The second kappa shape index (κ2) is 7.22. The number of nitrogens with two attached hydrogens (primary N) is 1. The lowest BCUT2D eigenvalue weighted by molar-refractivity contribution is -0.139. The first kappa shape index (κ1) is 14.9. The summed E-state index contributed by atoms with van der Waals surface area (Å²) in [4.78, 5) is 24.8. The molecule has 0 radical (unpaired) electrons. The van der Waals surface area contributed by atoms with Crippen molar-refractivity contribution in [1.82, 2.24) is 10.2 Å². The number of carbonyl (C=O) groups excluding carboxylic acids is 2. The van der Waals surface area contributed by atoms with Crippen LogP contribution in [0.4, 0.5) is 0 Å². The van der Waals surface area contributed by atoms with Crippen LogP contribution in [0.25, 0.3) is 0 Å². The molecule has 2 atom stereocenters. The Hall–Kier alpha value is -1.10. The molecule has 0 saturated heterocycles. The molecular weight excluding hydrogens is 206 g/mol. The van der Waals surface area contributed by atoms with Crippen LogP contribution in [0.1, 0.15) is 27.7 Å². The van der Waals surface area contributed by atoms with Crippen molar-refractivity contribution in [2.75, 3.05) is 19.6 Å². The fourth-order valence-electron chi connectivity index (χ4n) is 1.28. The topological polar surface area (TPSA) is 75.4 Å². The van der Waals surface area contributed by atoms with Gasteiger partial charge in [-0.2, -0.15) is 0 Å². The molecule has 3 N–H and O–H groups in total. The number of amides is 2. The standard InChI is InChI=1S/C11H23N3O2/c1-5-13-10(15)7-14(6-2)11(16)8(3)9(4)12/h8-9H,5-7,12H2,1-4H3,(H,13,15). The molecule has 0 aromatic carbocycles. The van der Waals surface area contributed by atoms with Crippen LogP contribution in [0.2, 0.25) is 0 Å². The zero-order valence-corrected chi connectivity index (χ0v) is 10.6. The highest BCUT2D eigenvalue weighted by Crippen LogP contribution is 2.05. The van der Waals surface area contributed by atoms with Crippen LogP contribution in [0, 0.1) is 5.92 Å². The molecule has 2 amide bonds. The van der Waals surface area contributed by atoms with E-state index in [-0.39, 0.29) is 30.3 Å². The third-order valence-corrected chi connectivity index (χ3v) is 2.58. The second-order valence-corrected chi connectivity index (χ2v) is 3.95. The van der Waals surface area contributed by atoms with Gasteiger partial charge >= 0.3 is 0 Å². The fourth-order valence-corrected chi connectivity index (χ4v) is 1.28. The third-order valence-electron chi connectivity index (χ3n) is 2.58. The van der Waals surface area contributed by atoms with Crippen LogP contribution in [-0.4, -0.2) is 42.4 Å². The summed E-state index contributed by atoms with van der Waals surface area (Å²) >= 11 is 0. The molecule has 0 aliphatic rings. The lowest BCUT2D eigenvalue weighted by Gasteiger charge is -2.25. The van der Waals surface area contributed by atoms with Crippen molar-refractivity contribution in [2.45, 2.75) is 33.7 Å². The predicted octanol–water partition coefficient (Wildman–Crippen LogP) is -0.0457. The first-order valence-electron chi connectivity index (χ1n) is 5.75. The van der Waals surface area contributed by atoms with E-state index in [1.807, 2.05) is 13.8 Å². The molecule has 0 aliphatic heterocycles. The van der Waals surface area contributed by atoms with Crippen LogP contribution < -0.4 is 11.1 Å². The summed E-state index contributed by atoms with van der Waals surface area (Å²) in [7, 11) is 0. The maximum atomic E-state index is 11.9. The Morgan fingerprint density at radius 1 is 1.31 bits per heavy atom. The summed E-state index contributed by atoms with van der Waals surface area (Å²) < 4.78 is 0. The largest absolute Gasteiger partial charge is 0.355 e. The SMILES string of the molecule is CCNC(=O)CN(CC)C(=O)C(C)C(C)N. The van der Waals surface area contributed by atoms with Crippen LogP contribution in [0.3, 0.4) is 0 Å². The van der Waals surface area contributed by atoms with Gasteiger partial charge in [-0.15, -0.1) is 0 Å². The fraction of sp³-hybridized carbons (Fsp3) is 0.818. The average molecular weight is 229 g/mol. The van der Waals surface area contributed by atoms with Gasteiger partial charge in [0.05, 0.1) is 12.5 Å². The first-order valence-corrected chi connectivity index (χ1v) is 5.75. The van der Waals surface area contributed by atoms with Crippen molar-refractivity contribution >= 4 is 11.8 Å². The predicted molar refractivity (Wildman–Crippen MR) is 63.8 cm³/mol. The smallest absolute Gasteiger partial charge is 0.239 e. The van der Waals surface area contributed by atoms with Crippen LogP contribution >= 0.6 is 0 Å². The second-order valence-electron chi connectivity index (χ2n) is 3.95. The van der Waals surface area contributed by atoms with Gasteiger partial charge in [-0.05, 0) is 20.8 Å². The molecule has 5 nitrogen and oxygen atoms in total. The average Bonchev–Trinajstić information content (AvgIpc) is 2.24. The van der Waals surface area contributed by atoms with Gasteiger partial charge in [0.25, 0.3) is 0 Å². The van der Waals surface area contributed by atoms with E-state index in [9.17, 15) is 9.59 Å². The Labute approximate surface area is 97.4 Å². The van der Waals surface area contributed by atoms with E-state index in [0.29, 0.717) is 13.1 Å². The number of nitrogens with one attached hydrogen (secondary N) is 1. The molecule has 16 heavy (non-hydrogen) atoms. The Bertz CT molecular complexity index is 241. The summed E-state index contributed by atoms with van der Waals surface area (Å²) in [6, 6.07) is -0.198. The highest BCUT2D eigenvalue weighted by atomic mass is 16.2. The van der Waals surface area contributed by atoms with Gasteiger partial charge in [0, 0.05) is 19.1 Å². The molecule has 0 aromatic heterocycles. The lowest BCUT2D eigenvalue weighted by Crippen LogP contribution is -2.46. The maximum absolute atomic E-state index is 11.9. The van der Waals surface area contributed by atoms with Crippen molar-refractivity contribution in [3.05, 3.63) is 0 Å². The van der Waals surface area contributed by atoms with Gasteiger partial charge in [-0.3, -0.25) is 9.59 Å². The molecule has 0 bridgehead atoms. The van der Waals surface area contributed by atoms with E-state index in [1.54, 1.807) is 13.8 Å². The van der Waals surface area contributed by atoms with E-state index in [1.165, 1.54) is 4.90 Å². The van der Waals surface area contributed by atoms with Gasteiger partial charge in [0.15, 0.2) is 0 Å². The minimum Gasteiger partial charge on any atom is -0.355 e. The molecule has 0 rings (SSSR count). The van der Waals surface area contributed by atoms with Crippen LogP contribution in [0.15, 0.2) is 0 Å². The Morgan fingerprint density at radius 3 is 2.25 bits per heavy atom. The van der Waals surface area contributed by atoms with Crippen LogP contribution in [0.5, 0.6) is 0 Å². The van der Waals surface area contributed by atoms with E-state index in [2.05, 4.69) is 5.32 Å². The van der Waals surface area contributed by atoms with Crippen molar-refractivity contribution in [2.24, 2.45) is 11.7 Å². The number of hydrogen-bond donors (Lipinski definition) is 2. The van der Waals surface area contributed by atoms with E-state index >= 15 is 0 Å². The minimum atomic E-state index is -0.255. The molecule has 0 aliphatic carbocycles. The normalized spacial score (nSPS) is 14.1. The van der Waals surface area contributed by atoms with Gasteiger partial charge in [-0.1, -0.05) is 6.92 Å². The minimum absolute atomic E-state index is 0.0660. The molecule has 5 heteroatoms. The van der Waals surface area contributed by atoms with Gasteiger partial charge < -0.3 is 16.0 Å². The summed E-state index contributed by atoms with van der Waals surface area (Å²) in [5, 5.41) is 2.67. The Balaban J connectivity index is 4.38.